The third-order valence-corrected chi connectivity index (χ3v) is 7.54. The molecule has 2 aromatic carbocycles. The minimum atomic E-state index is -3.73. The van der Waals surface area contributed by atoms with E-state index >= 15 is 0 Å². The highest BCUT2D eigenvalue weighted by Crippen LogP contribution is 2.41. The van der Waals surface area contributed by atoms with E-state index in [1.807, 2.05) is 18.2 Å². The fourth-order valence-electron chi connectivity index (χ4n) is 3.89. The van der Waals surface area contributed by atoms with Gasteiger partial charge in [-0.15, -0.1) is 11.3 Å². The number of sulfonamides is 1. The largest absolute Gasteiger partial charge is 0.490 e. The first-order chi connectivity index (χ1) is 14.9. The van der Waals surface area contributed by atoms with Crippen molar-refractivity contribution in [3.8, 4) is 5.75 Å². The molecule has 0 saturated heterocycles. The smallest absolute Gasteiger partial charge is 0.309 e. The zero-order valence-corrected chi connectivity index (χ0v) is 18.5. The number of nitrogens with zero attached hydrogens (tertiary/aromatic N) is 1. The second-order valence-corrected chi connectivity index (χ2v) is 10.2. The molecule has 1 heterocycles. The minimum Gasteiger partial charge on any atom is -0.490 e. The molecule has 9 heteroatoms. The highest BCUT2D eigenvalue weighted by Gasteiger charge is 2.35. The molecule has 1 aliphatic rings. The van der Waals surface area contributed by atoms with Gasteiger partial charge in [-0.25, -0.2) is 18.5 Å². The predicted octanol–water partition coefficient (Wildman–Crippen LogP) is 3.84. The molecule has 0 spiro atoms. The number of aromatic nitrogens is 1. The van der Waals surface area contributed by atoms with E-state index in [1.165, 1.54) is 24.3 Å². The quantitative estimate of drug-likeness (QED) is 0.424. The molecule has 0 amide bonds. The van der Waals surface area contributed by atoms with Crippen LogP contribution in [0, 0.1) is 5.92 Å². The van der Waals surface area contributed by atoms with Crippen LogP contribution in [0.25, 0.3) is 10.2 Å². The second-order valence-electron chi connectivity index (χ2n) is 7.55. The Labute approximate surface area is 185 Å². The van der Waals surface area contributed by atoms with Crippen LogP contribution >= 0.6 is 11.3 Å². The van der Waals surface area contributed by atoms with Crippen LogP contribution in [-0.4, -0.2) is 32.6 Å². The van der Waals surface area contributed by atoms with Crippen molar-refractivity contribution in [1.82, 2.24) is 4.98 Å². The second kappa shape index (κ2) is 9.33. The van der Waals surface area contributed by atoms with Gasteiger partial charge in [0.15, 0.2) is 0 Å². The number of nitrogens with two attached hydrogens (primary N) is 1. The topological polar surface area (TPSA) is 109 Å². The van der Waals surface area contributed by atoms with Crippen LogP contribution in [0.4, 0.5) is 0 Å². The highest BCUT2D eigenvalue weighted by molar-refractivity contribution is 7.89. The Morgan fingerprint density at radius 3 is 2.55 bits per heavy atom. The van der Waals surface area contributed by atoms with E-state index in [0.29, 0.717) is 5.75 Å². The summed E-state index contributed by atoms with van der Waals surface area (Å²) in [6.45, 7) is 0.303. The lowest BCUT2D eigenvalue weighted by atomic mass is 9.79. The predicted molar refractivity (Wildman–Crippen MR) is 119 cm³/mol. The average Bonchev–Trinajstić information content (AvgIpc) is 3.20. The van der Waals surface area contributed by atoms with Crippen molar-refractivity contribution in [3.05, 3.63) is 53.5 Å². The Hall–Kier alpha value is -2.49. The normalized spacial score (nSPS) is 19.3. The van der Waals surface area contributed by atoms with Gasteiger partial charge in [0.2, 0.25) is 10.0 Å². The van der Waals surface area contributed by atoms with E-state index in [1.54, 1.807) is 11.3 Å². The number of hydrogen-bond donors (Lipinski definition) is 1. The van der Waals surface area contributed by atoms with Gasteiger partial charge in [-0.05, 0) is 49.2 Å². The maximum atomic E-state index is 12.8. The lowest BCUT2D eigenvalue weighted by molar-refractivity contribution is -0.151. The summed E-state index contributed by atoms with van der Waals surface area (Å²) < 4.78 is 34.8. The van der Waals surface area contributed by atoms with E-state index in [2.05, 4.69) is 6.07 Å². The fourth-order valence-corrected chi connectivity index (χ4v) is 5.57. The van der Waals surface area contributed by atoms with E-state index in [4.69, 9.17) is 19.6 Å². The summed E-state index contributed by atoms with van der Waals surface area (Å²) in [7, 11) is -3.73. The van der Waals surface area contributed by atoms with Gasteiger partial charge in [-0.3, -0.25) is 4.79 Å². The maximum Gasteiger partial charge on any atom is 0.309 e. The van der Waals surface area contributed by atoms with Crippen LogP contribution in [0.2, 0.25) is 0 Å². The molecule has 164 valence electrons. The molecular formula is C22H24N2O5S2. The molecule has 1 aromatic heterocycles. The zero-order valence-electron chi connectivity index (χ0n) is 16.9. The van der Waals surface area contributed by atoms with E-state index in [-0.39, 0.29) is 35.9 Å². The molecule has 0 radical (unpaired) electrons. The van der Waals surface area contributed by atoms with Gasteiger partial charge < -0.3 is 9.47 Å². The van der Waals surface area contributed by atoms with Crippen molar-refractivity contribution in [1.29, 1.82) is 0 Å². The number of primary sulfonamides is 1. The molecule has 31 heavy (non-hydrogen) atoms. The number of rotatable bonds is 7. The van der Waals surface area contributed by atoms with Crippen molar-refractivity contribution in [2.24, 2.45) is 11.1 Å². The summed E-state index contributed by atoms with van der Waals surface area (Å²) >= 11 is 1.66. The van der Waals surface area contributed by atoms with Gasteiger partial charge >= 0.3 is 5.97 Å². The summed E-state index contributed by atoms with van der Waals surface area (Å²) in [4.78, 5) is 17.6. The lowest BCUT2D eigenvalue weighted by Gasteiger charge is -2.28. The van der Waals surface area contributed by atoms with E-state index in [9.17, 15) is 13.2 Å². The maximum absolute atomic E-state index is 12.8. The number of fused-ring (bicyclic) bond motifs is 1. The number of hydrogen-bond acceptors (Lipinski definition) is 7. The van der Waals surface area contributed by atoms with Crippen LogP contribution in [-0.2, 0) is 19.6 Å². The van der Waals surface area contributed by atoms with Crippen LogP contribution < -0.4 is 9.88 Å². The molecule has 2 atom stereocenters. The molecular weight excluding hydrogens is 436 g/mol. The summed E-state index contributed by atoms with van der Waals surface area (Å²) in [6, 6.07) is 13.8. The third-order valence-electron chi connectivity index (χ3n) is 5.44. The number of carbonyl (C=O) groups excluding carboxylic acids is 1. The first-order valence-corrected chi connectivity index (χ1v) is 12.6. The Morgan fingerprint density at radius 1 is 1.06 bits per heavy atom. The van der Waals surface area contributed by atoms with Crippen LogP contribution in [0.1, 0.15) is 36.6 Å². The van der Waals surface area contributed by atoms with Crippen LogP contribution in [0.3, 0.4) is 0 Å². The Kier molecular flexibility index (Phi) is 6.54. The van der Waals surface area contributed by atoms with Crippen molar-refractivity contribution in [2.45, 2.75) is 36.5 Å². The summed E-state index contributed by atoms with van der Waals surface area (Å²) in [5.41, 5.74) is 0.974. The molecule has 3 aromatic rings. The minimum absolute atomic E-state index is 0.0180. The molecule has 1 aliphatic carbocycles. The van der Waals surface area contributed by atoms with Gasteiger partial charge in [0.25, 0.3) is 0 Å². The van der Waals surface area contributed by atoms with Crippen LogP contribution in [0.5, 0.6) is 5.75 Å². The number of ether oxygens (including phenoxy) is 2. The number of para-hydroxylation sites is 1. The molecule has 7 nitrogen and oxygen atoms in total. The Bertz CT molecular complexity index is 1130. The lowest BCUT2D eigenvalue weighted by Crippen LogP contribution is -2.28. The molecule has 0 aliphatic heterocycles. The van der Waals surface area contributed by atoms with Gasteiger partial charge in [0.1, 0.15) is 19.0 Å². The third kappa shape index (κ3) is 5.23. The standard InChI is InChI=1S/C22H24N2O5S2/c23-31(26,27)16-11-9-15(10-12-16)28-13-14-29-22(25)18-6-2-1-5-17(18)21-24-19-7-3-4-8-20(19)30-21/h3-4,7-12,17-18H,1-2,5-6,13-14H2,(H2,23,26,27). The van der Waals surface area contributed by atoms with Crippen molar-refractivity contribution >= 4 is 37.5 Å². The van der Waals surface area contributed by atoms with E-state index < -0.39 is 10.0 Å². The van der Waals surface area contributed by atoms with Gasteiger partial charge in [-0.2, -0.15) is 0 Å². The SMILES string of the molecule is NS(=O)(=O)c1ccc(OCCOC(=O)C2CCCCC2c2nc3ccccc3s2)cc1. The monoisotopic (exact) mass is 460 g/mol. The molecule has 1 saturated carbocycles. The Balaban J connectivity index is 1.32. The Morgan fingerprint density at radius 2 is 1.81 bits per heavy atom. The number of carbonyl (C=O) groups is 1. The first kappa shape index (κ1) is 21.7. The first-order valence-electron chi connectivity index (χ1n) is 10.2. The highest BCUT2D eigenvalue weighted by atomic mass is 32.2. The fraction of sp³-hybridized carbons (Fsp3) is 0.364. The average molecular weight is 461 g/mol. The van der Waals surface area contributed by atoms with Crippen LogP contribution in [0.15, 0.2) is 53.4 Å². The molecule has 0 bridgehead atoms. The van der Waals surface area contributed by atoms with Crippen molar-refractivity contribution < 1.29 is 22.7 Å². The number of esters is 1. The zero-order chi connectivity index (χ0) is 21.8. The number of thiazole rings is 1. The molecule has 4 rings (SSSR count). The van der Waals surface area contributed by atoms with Gasteiger partial charge in [-0.1, -0.05) is 25.0 Å². The molecule has 2 unspecified atom stereocenters. The molecule has 1 fully saturated rings. The van der Waals surface area contributed by atoms with Crippen molar-refractivity contribution in [2.75, 3.05) is 13.2 Å². The van der Waals surface area contributed by atoms with Crippen molar-refractivity contribution in [3.63, 3.8) is 0 Å². The summed E-state index contributed by atoms with van der Waals surface area (Å²) in [6.07, 6.45) is 3.83. The van der Waals surface area contributed by atoms with E-state index in [0.717, 1.165) is 40.9 Å². The number of benzene rings is 2. The summed E-state index contributed by atoms with van der Waals surface area (Å²) in [5, 5.41) is 6.09. The van der Waals surface area contributed by atoms with Gasteiger partial charge in [0, 0.05) is 5.92 Å². The summed E-state index contributed by atoms with van der Waals surface area (Å²) in [5.74, 6) is 0.166. The van der Waals surface area contributed by atoms with Gasteiger partial charge in [0.05, 0.1) is 26.0 Å². The molecule has 2 N–H and O–H groups in total.